The van der Waals surface area contributed by atoms with Gasteiger partial charge in [-0.05, 0) is 36.1 Å². The quantitative estimate of drug-likeness (QED) is 0.503. The second kappa shape index (κ2) is 10.4. The summed E-state index contributed by atoms with van der Waals surface area (Å²) in [6.45, 7) is 0.298. The maximum Gasteiger partial charge on any atom is 0.326 e. The number of rotatable bonds is 8. The van der Waals surface area contributed by atoms with Gasteiger partial charge in [-0.1, -0.05) is 78.9 Å². The van der Waals surface area contributed by atoms with Crippen LogP contribution in [-0.2, 0) is 31.4 Å². The van der Waals surface area contributed by atoms with Gasteiger partial charge in [0.05, 0.1) is 10.3 Å². The highest BCUT2D eigenvalue weighted by molar-refractivity contribution is 7.89. The minimum Gasteiger partial charge on any atom is -0.480 e. The Bertz CT molecular complexity index is 1260. The molecule has 0 spiro atoms. The van der Waals surface area contributed by atoms with Gasteiger partial charge in [-0.15, -0.1) is 0 Å². The Kier molecular flexibility index (Phi) is 7.33. The topological polar surface area (TPSA) is 104 Å². The van der Waals surface area contributed by atoms with E-state index in [0.717, 1.165) is 11.1 Å². The van der Waals surface area contributed by atoms with E-state index in [9.17, 15) is 23.1 Å². The molecule has 8 heteroatoms. The lowest BCUT2D eigenvalue weighted by Crippen LogP contribution is -2.56. The van der Waals surface area contributed by atoms with Gasteiger partial charge in [-0.25, -0.2) is 13.2 Å². The highest BCUT2D eigenvalue weighted by Gasteiger charge is 2.46. The minimum atomic E-state index is -3.69. The lowest BCUT2D eigenvalue weighted by molar-refractivity contribution is -0.143. The first kappa shape index (κ1) is 24.6. The third-order valence-corrected chi connectivity index (χ3v) is 8.52. The molecule has 1 heterocycles. The molecule has 1 fully saturated rings. The van der Waals surface area contributed by atoms with E-state index >= 15 is 0 Å². The summed E-state index contributed by atoms with van der Waals surface area (Å²) in [7, 11) is -3.69. The number of carbonyl (C=O) groups is 2. The van der Waals surface area contributed by atoms with Gasteiger partial charge in [0.15, 0.2) is 0 Å². The summed E-state index contributed by atoms with van der Waals surface area (Å²) in [5, 5.41) is 12.6. The Balaban J connectivity index is 1.58. The fourth-order valence-corrected chi connectivity index (χ4v) is 6.06. The van der Waals surface area contributed by atoms with Gasteiger partial charge in [-0.3, -0.25) is 4.79 Å². The summed E-state index contributed by atoms with van der Waals surface area (Å²) in [5.74, 6) is -1.52. The van der Waals surface area contributed by atoms with Gasteiger partial charge >= 0.3 is 5.97 Å². The molecule has 0 aromatic heterocycles. The molecule has 0 saturated carbocycles. The summed E-state index contributed by atoms with van der Waals surface area (Å²) in [4.78, 5) is 25.9. The van der Waals surface area contributed by atoms with Crippen LogP contribution in [0.15, 0.2) is 95.9 Å². The van der Waals surface area contributed by atoms with E-state index in [0.29, 0.717) is 0 Å². The van der Waals surface area contributed by atoms with Crippen molar-refractivity contribution in [3.8, 4) is 0 Å². The maximum absolute atomic E-state index is 13.7. The Morgan fingerprint density at radius 3 is 1.91 bits per heavy atom. The molecule has 3 aromatic carbocycles. The van der Waals surface area contributed by atoms with Crippen molar-refractivity contribution in [3.63, 3.8) is 0 Å². The Hall–Kier alpha value is -3.49. The van der Waals surface area contributed by atoms with Gasteiger partial charge < -0.3 is 10.4 Å². The molecule has 1 atom stereocenters. The van der Waals surface area contributed by atoms with Crippen LogP contribution < -0.4 is 5.32 Å². The minimum absolute atomic E-state index is 0.149. The summed E-state index contributed by atoms with van der Waals surface area (Å²) in [6, 6.07) is 25.5. The van der Waals surface area contributed by atoms with Crippen molar-refractivity contribution in [1.82, 2.24) is 9.62 Å². The maximum atomic E-state index is 13.7. The highest BCUT2D eigenvalue weighted by atomic mass is 32.2. The second-order valence-corrected chi connectivity index (χ2v) is 10.7. The van der Waals surface area contributed by atoms with Crippen molar-refractivity contribution in [1.29, 1.82) is 0 Å². The zero-order chi connectivity index (χ0) is 24.9. The van der Waals surface area contributed by atoms with Crippen LogP contribution in [0.1, 0.15) is 24.0 Å². The molecule has 4 rings (SSSR count). The van der Waals surface area contributed by atoms with Crippen molar-refractivity contribution < 1.29 is 23.1 Å². The normalized spacial score (nSPS) is 16.8. The van der Waals surface area contributed by atoms with Crippen LogP contribution in [0.4, 0.5) is 0 Å². The van der Waals surface area contributed by atoms with E-state index in [2.05, 4.69) is 5.32 Å². The molecule has 0 unspecified atom stereocenters. The number of nitrogens with one attached hydrogen (secondary N) is 1. The number of benzene rings is 3. The van der Waals surface area contributed by atoms with E-state index in [1.54, 1.807) is 30.3 Å². The number of nitrogens with zero attached hydrogens (tertiary/aromatic N) is 1. The number of hydrogen-bond donors (Lipinski definition) is 2. The smallest absolute Gasteiger partial charge is 0.326 e. The molecule has 182 valence electrons. The fourth-order valence-electron chi connectivity index (χ4n) is 4.60. The van der Waals surface area contributed by atoms with Gasteiger partial charge in [0.2, 0.25) is 15.9 Å². The Morgan fingerprint density at radius 1 is 0.857 bits per heavy atom. The Labute approximate surface area is 205 Å². The van der Waals surface area contributed by atoms with Crippen LogP contribution in [0.5, 0.6) is 0 Å². The highest BCUT2D eigenvalue weighted by Crippen LogP contribution is 2.37. The van der Waals surface area contributed by atoms with E-state index in [1.165, 1.54) is 4.31 Å². The SMILES string of the molecule is O=C(O)[C@H](Cc1ccccc1)NC(=O)C1(c2ccccc2)CCN(S(=O)(=O)c2ccccc2)CC1. The first-order valence-electron chi connectivity index (χ1n) is 11.5. The van der Waals surface area contributed by atoms with Gasteiger partial charge in [0, 0.05) is 19.5 Å². The molecule has 1 aliphatic rings. The summed E-state index contributed by atoms with van der Waals surface area (Å²) in [6.07, 6.45) is 0.639. The summed E-state index contributed by atoms with van der Waals surface area (Å²) in [5.41, 5.74) is 0.518. The first-order valence-corrected chi connectivity index (χ1v) is 13.0. The van der Waals surface area contributed by atoms with E-state index in [4.69, 9.17) is 0 Å². The lowest BCUT2D eigenvalue weighted by Gasteiger charge is -2.41. The molecule has 0 radical (unpaired) electrons. The number of hydrogen-bond acceptors (Lipinski definition) is 4. The Morgan fingerprint density at radius 2 is 1.37 bits per heavy atom. The molecule has 0 aliphatic carbocycles. The van der Waals surface area contributed by atoms with Crippen LogP contribution in [0.25, 0.3) is 0 Å². The average Bonchev–Trinajstić information content (AvgIpc) is 2.90. The number of carboxylic acid groups (broad SMARTS) is 1. The predicted molar refractivity (Wildman–Crippen MR) is 132 cm³/mol. The number of amides is 1. The van der Waals surface area contributed by atoms with E-state index in [-0.39, 0.29) is 37.2 Å². The molecule has 1 amide bonds. The van der Waals surface area contributed by atoms with Crippen molar-refractivity contribution in [2.24, 2.45) is 0 Å². The molecular weight excluding hydrogens is 464 g/mol. The number of carbonyl (C=O) groups excluding carboxylic acids is 1. The zero-order valence-corrected chi connectivity index (χ0v) is 20.0. The second-order valence-electron chi connectivity index (χ2n) is 8.72. The van der Waals surface area contributed by atoms with Crippen molar-refractivity contribution in [3.05, 3.63) is 102 Å². The molecule has 7 nitrogen and oxygen atoms in total. The van der Waals surface area contributed by atoms with Crippen LogP contribution in [0.3, 0.4) is 0 Å². The average molecular weight is 493 g/mol. The molecule has 0 bridgehead atoms. The lowest BCUT2D eigenvalue weighted by atomic mass is 9.72. The zero-order valence-electron chi connectivity index (χ0n) is 19.2. The molecule has 35 heavy (non-hydrogen) atoms. The van der Waals surface area contributed by atoms with E-state index in [1.807, 2.05) is 60.7 Å². The third-order valence-electron chi connectivity index (χ3n) is 6.60. The molecule has 1 saturated heterocycles. The van der Waals surface area contributed by atoms with Gasteiger partial charge in [0.25, 0.3) is 0 Å². The van der Waals surface area contributed by atoms with Crippen molar-refractivity contribution in [2.45, 2.75) is 35.6 Å². The van der Waals surface area contributed by atoms with Crippen LogP contribution >= 0.6 is 0 Å². The third kappa shape index (κ3) is 5.28. The predicted octanol–water partition coefficient (Wildman–Crippen LogP) is 3.22. The standard InChI is InChI=1S/C27H28N2O5S/c30-25(31)24(20-21-10-4-1-5-11-21)28-26(32)27(22-12-6-2-7-13-22)16-18-29(19-17-27)35(33,34)23-14-8-3-9-15-23/h1-15,24H,16-20H2,(H,28,32)(H,30,31)/t24-/m0/s1. The number of aliphatic carboxylic acids is 1. The number of piperidine rings is 1. The van der Waals surface area contributed by atoms with Crippen LogP contribution in [0.2, 0.25) is 0 Å². The van der Waals surface area contributed by atoms with Gasteiger partial charge in [0.1, 0.15) is 6.04 Å². The number of carboxylic acids is 1. The first-order chi connectivity index (χ1) is 16.8. The van der Waals surface area contributed by atoms with Gasteiger partial charge in [-0.2, -0.15) is 4.31 Å². The molecule has 3 aromatic rings. The van der Waals surface area contributed by atoms with Crippen LogP contribution in [0, 0.1) is 0 Å². The summed E-state index contributed by atoms with van der Waals surface area (Å²) < 4.78 is 27.6. The molecular formula is C27H28N2O5S. The fraction of sp³-hybridized carbons (Fsp3) is 0.259. The van der Waals surface area contributed by atoms with E-state index < -0.39 is 33.4 Å². The summed E-state index contributed by atoms with van der Waals surface area (Å²) >= 11 is 0. The molecule has 2 N–H and O–H groups in total. The van der Waals surface area contributed by atoms with Crippen LogP contribution in [-0.4, -0.2) is 48.8 Å². The largest absolute Gasteiger partial charge is 0.480 e. The van der Waals surface area contributed by atoms with Crippen molar-refractivity contribution in [2.75, 3.05) is 13.1 Å². The van der Waals surface area contributed by atoms with Crippen molar-refractivity contribution >= 4 is 21.9 Å². The monoisotopic (exact) mass is 492 g/mol. The number of sulfonamides is 1. The molecule has 1 aliphatic heterocycles.